The molecule has 3 aromatic rings. The van der Waals surface area contributed by atoms with Gasteiger partial charge in [-0.3, -0.25) is 4.79 Å². The van der Waals surface area contributed by atoms with Gasteiger partial charge in [0.1, 0.15) is 0 Å². The largest absolute Gasteiger partial charge is 0.396 e. The van der Waals surface area contributed by atoms with Crippen molar-refractivity contribution in [1.29, 1.82) is 0 Å². The van der Waals surface area contributed by atoms with Crippen LogP contribution in [0.2, 0.25) is 0 Å². The number of carbonyl (C=O) groups excluding carboxylic acids is 1. The number of aryl methyl sites for hydroxylation is 1. The lowest BCUT2D eigenvalue weighted by Crippen LogP contribution is -2.43. The van der Waals surface area contributed by atoms with E-state index >= 15 is 0 Å². The molecule has 28 heavy (non-hydrogen) atoms. The zero-order chi connectivity index (χ0) is 19.3. The van der Waals surface area contributed by atoms with Crippen LogP contribution in [-0.2, 0) is 13.5 Å². The monoisotopic (exact) mass is 374 g/mol. The van der Waals surface area contributed by atoms with Crippen LogP contribution in [0.3, 0.4) is 0 Å². The Hall–Kier alpha value is -2.59. The van der Waals surface area contributed by atoms with Crippen molar-refractivity contribution in [2.24, 2.45) is 12.5 Å². The fourth-order valence-corrected chi connectivity index (χ4v) is 5.67. The molecule has 2 aliphatic heterocycles. The standard InChI is InChI=1S/C24H26N2O2/c1-25-15-20(19-9-5-6-10-21(19)25)23(28)26-18-11-12-22(26)24(14-18,16-27)13-17-7-3-2-4-8-17/h2-10,15,18,22,27H,11-14,16H2,1H3/t18-,22+,24-/m1/s1. The van der Waals surface area contributed by atoms with E-state index in [1.807, 2.05) is 54.2 Å². The normalized spacial score (nSPS) is 26.3. The van der Waals surface area contributed by atoms with E-state index in [1.54, 1.807) is 0 Å². The minimum absolute atomic E-state index is 0.106. The molecule has 2 bridgehead atoms. The summed E-state index contributed by atoms with van der Waals surface area (Å²) in [6.45, 7) is 0.127. The number of rotatable bonds is 4. The highest BCUT2D eigenvalue weighted by Crippen LogP contribution is 2.52. The molecule has 2 aliphatic rings. The number of para-hydroxylation sites is 1. The molecule has 0 spiro atoms. The van der Waals surface area contributed by atoms with Crippen LogP contribution in [-0.4, -0.2) is 39.2 Å². The summed E-state index contributed by atoms with van der Waals surface area (Å²) in [5.74, 6) is 0.118. The molecule has 0 radical (unpaired) electrons. The van der Waals surface area contributed by atoms with Gasteiger partial charge in [0.05, 0.1) is 12.2 Å². The highest BCUT2D eigenvalue weighted by Gasteiger charge is 2.57. The number of aliphatic hydroxyl groups is 1. The molecule has 3 atom stereocenters. The minimum atomic E-state index is -0.232. The Kier molecular flexibility index (Phi) is 4.06. The summed E-state index contributed by atoms with van der Waals surface area (Å²) in [7, 11) is 1.99. The Balaban J connectivity index is 1.50. The first-order valence-electron chi connectivity index (χ1n) is 10.1. The van der Waals surface area contributed by atoms with Crippen molar-refractivity contribution in [2.75, 3.05) is 6.61 Å². The van der Waals surface area contributed by atoms with Crippen LogP contribution in [0.15, 0.2) is 60.8 Å². The second kappa shape index (κ2) is 6.49. The van der Waals surface area contributed by atoms with E-state index in [0.717, 1.165) is 42.1 Å². The van der Waals surface area contributed by atoms with Gasteiger partial charge in [-0.2, -0.15) is 0 Å². The van der Waals surface area contributed by atoms with Gasteiger partial charge in [-0.05, 0) is 37.3 Å². The highest BCUT2D eigenvalue weighted by molar-refractivity contribution is 6.07. The number of amides is 1. The zero-order valence-electron chi connectivity index (χ0n) is 16.2. The minimum Gasteiger partial charge on any atom is -0.396 e. The van der Waals surface area contributed by atoms with Crippen molar-refractivity contribution in [3.8, 4) is 0 Å². The number of hydrogen-bond donors (Lipinski definition) is 1. The van der Waals surface area contributed by atoms with E-state index in [-0.39, 0.29) is 30.0 Å². The van der Waals surface area contributed by atoms with Gasteiger partial charge in [0, 0.05) is 41.6 Å². The molecule has 144 valence electrons. The number of aliphatic hydroxyl groups excluding tert-OH is 1. The van der Waals surface area contributed by atoms with E-state index in [1.165, 1.54) is 5.56 Å². The molecule has 0 aliphatic carbocycles. The molecule has 1 aromatic heterocycles. The molecule has 1 amide bonds. The molecule has 4 nitrogen and oxygen atoms in total. The Morgan fingerprint density at radius 2 is 1.86 bits per heavy atom. The maximum absolute atomic E-state index is 13.6. The van der Waals surface area contributed by atoms with Crippen LogP contribution in [0.1, 0.15) is 35.2 Å². The summed E-state index contributed by atoms with van der Waals surface area (Å²) in [5.41, 5.74) is 2.87. The van der Waals surface area contributed by atoms with Gasteiger partial charge in [0.25, 0.3) is 5.91 Å². The van der Waals surface area contributed by atoms with Gasteiger partial charge in [0.15, 0.2) is 0 Å². The average Bonchev–Trinajstić information content (AvgIpc) is 3.38. The molecule has 5 rings (SSSR count). The third-order valence-electron chi connectivity index (χ3n) is 6.93. The fraction of sp³-hybridized carbons (Fsp3) is 0.375. The Bertz CT molecular complexity index is 1030. The van der Waals surface area contributed by atoms with Gasteiger partial charge in [-0.15, -0.1) is 0 Å². The van der Waals surface area contributed by atoms with Gasteiger partial charge in [-0.25, -0.2) is 0 Å². The molecule has 1 N–H and O–H groups in total. The summed E-state index contributed by atoms with van der Waals surface area (Å²) in [4.78, 5) is 15.7. The van der Waals surface area contributed by atoms with E-state index in [2.05, 4.69) is 23.1 Å². The molecule has 0 unspecified atom stereocenters. The quantitative estimate of drug-likeness (QED) is 0.755. The molecule has 3 heterocycles. The van der Waals surface area contributed by atoms with E-state index in [0.29, 0.717) is 0 Å². The summed E-state index contributed by atoms with van der Waals surface area (Å²) < 4.78 is 2.03. The molecule has 2 saturated heterocycles. The van der Waals surface area contributed by atoms with Crippen LogP contribution in [0.25, 0.3) is 10.9 Å². The third-order valence-corrected chi connectivity index (χ3v) is 6.93. The Morgan fingerprint density at radius 3 is 2.64 bits per heavy atom. The topological polar surface area (TPSA) is 45.5 Å². The number of nitrogens with zero attached hydrogens (tertiary/aromatic N) is 2. The van der Waals surface area contributed by atoms with Crippen LogP contribution >= 0.6 is 0 Å². The lowest BCUT2D eigenvalue weighted by atomic mass is 9.70. The lowest BCUT2D eigenvalue weighted by molar-refractivity contribution is 0.0572. The second-order valence-electron chi connectivity index (χ2n) is 8.52. The van der Waals surface area contributed by atoms with Gasteiger partial charge < -0.3 is 14.6 Å². The maximum atomic E-state index is 13.6. The van der Waals surface area contributed by atoms with Crippen molar-refractivity contribution in [1.82, 2.24) is 9.47 Å². The third kappa shape index (κ3) is 2.51. The smallest absolute Gasteiger partial charge is 0.256 e. The predicted octanol–water partition coefficient (Wildman–Crippen LogP) is 3.78. The second-order valence-corrected chi connectivity index (χ2v) is 8.52. The highest BCUT2D eigenvalue weighted by atomic mass is 16.3. The van der Waals surface area contributed by atoms with Crippen LogP contribution in [0, 0.1) is 5.41 Å². The van der Waals surface area contributed by atoms with E-state index < -0.39 is 0 Å². The first-order chi connectivity index (χ1) is 13.6. The Labute approximate surface area is 165 Å². The van der Waals surface area contributed by atoms with Gasteiger partial charge in [-0.1, -0.05) is 48.5 Å². The molecule has 2 aromatic carbocycles. The van der Waals surface area contributed by atoms with E-state index in [9.17, 15) is 9.90 Å². The van der Waals surface area contributed by atoms with Crippen LogP contribution in [0.5, 0.6) is 0 Å². The molecule has 0 saturated carbocycles. The number of aromatic nitrogens is 1. The van der Waals surface area contributed by atoms with Crippen molar-refractivity contribution >= 4 is 16.8 Å². The summed E-state index contributed by atoms with van der Waals surface area (Å²) in [6, 6.07) is 18.8. The molecule has 2 fully saturated rings. The maximum Gasteiger partial charge on any atom is 0.256 e. The average molecular weight is 374 g/mol. The van der Waals surface area contributed by atoms with Crippen molar-refractivity contribution in [3.63, 3.8) is 0 Å². The first-order valence-corrected chi connectivity index (χ1v) is 10.1. The zero-order valence-corrected chi connectivity index (χ0v) is 16.2. The number of hydrogen-bond acceptors (Lipinski definition) is 2. The number of benzene rings is 2. The van der Waals surface area contributed by atoms with Crippen LogP contribution < -0.4 is 0 Å². The number of fused-ring (bicyclic) bond motifs is 3. The fourth-order valence-electron chi connectivity index (χ4n) is 5.67. The van der Waals surface area contributed by atoms with Crippen molar-refractivity contribution in [3.05, 3.63) is 71.9 Å². The molecule has 4 heteroatoms. The predicted molar refractivity (Wildman–Crippen MR) is 110 cm³/mol. The van der Waals surface area contributed by atoms with Gasteiger partial charge >= 0.3 is 0 Å². The Morgan fingerprint density at radius 1 is 1.11 bits per heavy atom. The summed E-state index contributed by atoms with van der Waals surface area (Å²) in [5, 5.41) is 11.4. The lowest BCUT2D eigenvalue weighted by Gasteiger charge is -2.36. The van der Waals surface area contributed by atoms with Crippen molar-refractivity contribution < 1.29 is 9.90 Å². The van der Waals surface area contributed by atoms with Crippen LogP contribution in [0.4, 0.5) is 0 Å². The number of carbonyl (C=O) groups is 1. The van der Waals surface area contributed by atoms with Crippen molar-refractivity contribution in [2.45, 2.75) is 37.8 Å². The summed E-state index contributed by atoms with van der Waals surface area (Å²) in [6.07, 6.45) is 5.69. The van der Waals surface area contributed by atoms with E-state index in [4.69, 9.17) is 0 Å². The first kappa shape index (κ1) is 17.5. The van der Waals surface area contributed by atoms with Gasteiger partial charge in [0.2, 0.25) is 0 Å². The molecular formula is C24H26N2O2. The summed E-state index contributed by atoms with van der Waals surface area (Å²) >= 11 is 0. The SMILES string of the molecule is Cn1cc(C(=O)N2[C@@H]3CC[C@H]2[C@](CO)(Cc2ccccc2)C3)c2ccccc21. The molecular weight excluding hydrogens is 348 g/mol.